The summed E-state index contributed by atoms with van der Waals surface area (Å²) in [4.78, 5) is 31.0. The van der Waals surface area contributed by atoms with Gasteiger partial charge in [-0.05, 0) is 62.0 Å². The number of aliphatic imine (C=N–C) groups is 1. The fraction of sp³-hybridized carbons (Fsp3) is 0.227. The van der Waals surface area contributed by atoms with Gasteiger partial charge in [-0.15, -0.1) is 0 Å². The van der Waals surface area contributed by atoms with Gasteiger partial charge in [-0.2, -0.15) is 0 Å². The molecule has 0 radical (unpaired) electrons. The number of ether oxygens (including phenoxy) is 2. The normalized spacial score (nSPS) is 16.5. The zero-order chi connectivity index (χ0) is 20.8. The topological polar surface area (TPSA) is 68.2 Å². The summed E-state index contributed by atoms with van der Waals surface area (Å²) < 4.78 is 10.6. The summed E-state index contributed by atoms with van der Waals surface area (Å²) in [5, 5.41) is 0.569. The van der Waals surface area contributed by atoms with Crippen molar-refractivity contribution >= 4 is 40.6 Å². The Kier molecular flexibility index (Phi) is 6.72. The number of nitrogens with zero attached hydrogens (tertiary/aromatic N) is 2. The zero-order valence-electron chi connectivity index (χ0n) is 16.5. The van der Waals surface area contributed by atoms with E-state index in [9.17, 15) is 9.59 Å². The van der Waals surface area contributed by atoms with Crippen LogP contribution < -0.4 is 4.74 Å². The number of thioether (sulfide) groups is 1. The maximum Gasteiger partial charge on any atom is 0.338 e. The van der Waals surface area contributed by atoms with Crippen molar-refractivity contribution in [3.63, 3.8) is 0 Å². The van der Waals surface area contributed by atoms with Crippen LogP contribution in [0.25, 0.3) is 6.08 Å². The first-order chi connectivity index (χ1) is 14.0. The highest BCUT2D eigenvalue weighted by Crippen LogP contribution is 2.34. The van der Waals surface area contributed by atoms with Crippen LogP contribution in [0.2, 0.25) is 0 Å². The van der Waals surface area contributed by atoms with Gasteiger partial charge in [0.15, 0.2) is 5.17 Å². The molecule has 0 aliphatic carbocycles. The van der Waals surface area contributed by atoms with Crippen molar-refractivity contribution < 1.29 is 19.1 Å². The number of carbonyl (C=O) groups is 2. The summed E-state index contributed by atoms with van der Waals surface area (Å²) in [5.41, 5.74) is 1.96. The number of hydrogen-bond donors (Lipinski definition) is 0. The van der Waals surface area contributed by atoms with E-state index in [1.165, 1.54) is 16.7 Å². The van der Waals surface area contributed by atoms with Crippen LogP contribution in [0.4, 0.5) is 5.69 Å². The van der Waals surface area contributed by atoms with E-state index in [0.717, 1.165) is 11.3 Å². The van der Waals surface area contributed by atoms with E-state index in [0.29, 0.717) is 34.5 Å². The molecule has 3 rings (SSSR count). The molecule has 2 aromatic rings. The minimum Gasteiger partial charge on any atom is -0.493 e. The Hall–Kier alpha value is -3.06. The van der Waals surface area contributed by atoms with Gasteiger partial charge in [0.05, 0.1) is 29.4 Å². The average Bonchev–Trinajstić information content (AvgIpc) is 2.98. The monoisotopic (exact) mass is 410 g/mol. The highest BCUT2D eigenvalue weighted by molar-refractivity contribution is 8.18. The van der Waals surface area contributed by atoms with Crippen LogP contribution in [0.3, 0.4) is 0 Å². The number of carbonyl (C=O) groups excluding carboxylic acids is 2. The van der Waals surface area contributed by atoms with Gasteiger partial charge in [-0.25, -0.2) is 9.79 Å². The Morgan fingerprint density at radius 3 is 2.52 bits per heavy atom. The number of benzene rings is 2. The van der Waals surface area contributed by atoms with Gasteiger partial charge >= 0.3 is 5.97 Å². The Bertz CT molecular complexity index is 967. The number of para-hydroxylation sites is 1. The molecule has 1 aliphatic heterocycles. The van der Waals surface area contributed by atoms with Gasteiger partial charge in [-0.1, -0.05) is 18.2 Å². The lowest BCUT2D eigenvalue weighted by Gasteiger charge is -2.08. The molecule has 7 heteroatoms. The Morgan fingerprint density at radius 1 is 1.10 bits per heavy atom. The summed E-state index contributed by atoms with van der Waals surface area (Å²) in [6.07, 6.45) is 1.82. The van der Waals surface area contributed by atoms with E-state index in [1.807, 2.05) is 37.3 Å². The first-order valence-electron chi connectivity index (χ1n) is 9.28. The zero-order valence-corrected chi connectivity index (χ0v) is 17.4. The van der Waals surface area contributed by atoms with Crippen LogP contribution in [0.1, 0.15) is 29.8 Å². The molecule has 150 valence electrons. The molecule has 6 nitrogen and oxygen atoms in total. The maximum atomic E-state index is 12.6. The molecule has 2 aromatic carbocycles. The molecule has 0 saturated carbocycles. The minimum atomic E-state index is -0.368. The number of rotatable bonds is 6. The molecule has 1 fully saturated rings. The van der Waals surface area contributed by atoms with E-state index >= 15 is 0 Å². The quantitative estimate of drug-likeness (QED) is 0.518. The molecular weight excluding hydrogens is 388 g/mol. The van der Waals surface area contributed by atoms with Gasteiger partial charge in [0, 0.05) is 12.6 Å². The van der Waals surface area contributed by atoms with E-state index in [1.54, 1.807) is 38.2 Å². The molecule has 29 heavy (non-hydrogen) atoms. The van der Waals surface area contributed by atoms with Crippen molar-refractivity contribution in [1.29, 1.82) is 0 Å². The van der Waals surface area contributed by atoms with Crippen molar-refractivity contribution in [2.75, 3.05) is 20.3 Å². The number of hydrogen-bond acceptors (Lipinski definition) is 6. The highest BCUT2D eigenvalue weighted by Gasteiger charge is 2.30. The van der Waals surface area contributed by atoms with Gasteiger partial charge < -0.3 is 9.47 Å². The molecule has 0 atom stereocenters. The van der Waals surface area contributed by atoms with E-state index in [4.69, 9.17) is 9.47 Å². The van der Waals surface area contributed by atoms with Gasteiger partial charge in [-0.3, -0.25) is 9.69 Å². The Balaban J connectivity index is 1.82. The second-order valence-corrected chi connectivity index (χ2v) is 7.12. The number of likely N-dealkylation sites (N-methyl/N-ethyl adjacent to an activating group) is 1. The summed E-state index contributed by atoms with van der Waals surface area (Å²) in [5.74, 6) is 0.245. The standard InChI is InChI=1S/C22H22N2O4S/c1-4-27-18-9-7-6-8-16(18)14-19-20(25)24(3)22(29-19)23-17-12-10-15(11-13-17)21(26)28-5-2/h6-14H,4-5H2,1-3H3. The van der Waals surface area contributed by atoms with Crippen LogP contribution in [0, 0.1) is 0 Å². The molecule has 0 N–H and O–H groups in total. The molecule has 0 bridgehead atoms. The Labute approximate surface area is 174 Å². The van der Waals surface area contributed by atoms with Crippen molar-refractivity contribution in [2.24, 2.45) is 4.99 Å². The van der Waals surface area contributed by atoms with Crippen LogP contribution in [0.5, 0.6) is 5.75 Å². The number of amides is 1. The van der Waals surface area contributed by atoms with Crippen molar-refractivity contribution in [1.82, 2.24) is 4.90 Å². The van der Waals surface area contributed by atoms with Crippen molar-refractivity contribution in [2.45, 2.75) is 13.8 Å². The predicted molar refractivity (Wildman–Crippen MR) is 115 cm³/mol. The lowest BCUT2D eigenvalue weighted by atomic mass is 10.2. The summed E-state index contributed by atoms with van der Waals surface area (Å²) in [6, 6.07) is 14.4. The minimum absolute atomic E-state index is 0.122. The van der Waals surface area contributed by atoms with E-state index < -0.39 is 0 Å². The summed E-state index contributed by atoms with van der Waals surface area (Å²) in [6.45, 7) is 4.56. The number of amidine groups is 1. The number of esters is 1. The van der Waals surface area contributed by atoms with Crippen LogP contribution in [-0.2, 0) is 9.53 Å². The molecule has 0 unspecified atom stereocenters. The van der Waals surface area contributed by atoms with Gasteiger partial charge in [0.2, 0.25) is 0 Å². The van der Waals surface area contributed by atoms with Crippen LogP contribution >= 0.6 is 11.8 Å². The Morgan fingerprint density at radius 2 is 1.83 bits per heavy atom. The van der Waals surface area contributed by atoms with Crippen LogP contribution in [-0.4, -0.2) is 42.2 Å². The second kappa shape index (κ2) is 9.43. The molecule has 0 aromatic heterocycles. The third-order valence-electron chi connectivity index (χ3n) is 4.11. The highest BCUT2D eigenvalue weighted by atomic mass is 32.2. The lowest BCUT2D eigenvalue weighted by molar-refractivity contribution is -0.121. The van der Waals surface area contributed by atoms with Crippen molar-refractivity contribution in [3.8, 4) is 5.75 Å². The van der Waals surface area contributed by atoms with E-state index in [-0.39, 0.29) is 11.9 Å². The molecule has 1 aliphatic rings. The fourth-order valence-corrected chi connectivity index (χ4v) is 3.65. The van der Waals surface area contributed by atoms with Gasteiger partial charge in [0.1, 0.15) is 5.75 Å². The first-order valence-corrected chi connectivity index (χ1v) is 10.1. The molecule has 1 saturated heterocycles. The third-order valence-corrected chi connectivity index (χ3v) is 5.17. The molecule has 1 amide bonds. The smallest absolute Gasteiger partial charge is 0.338 e. The molecule has 0 spiro atoms. The fourth-order valence-electron chi connectivity index (χ4n) is 2.68. The van der Waals surface area contributed by atoms with Gasteiger partial charge in [0.25, 0.3) is 5.91 Å². The molecular formula is C22H22N2O4S. The second-order valence-electron chi connectivity index (χ2n) is 6.11. The SMILES string of the molecule is CCOC(=O)c1ccc(N=C2SC(=Cc3ccccc3OCC)C(=O)N2C)cc1. The van der Waals surface area contributed by atoms with Crippen LogP contribution in [0.15, 0.2) is 58.4 Å². The lowest BCUT2D eigenvalue weighted by Crippen LogP contribution is -2.23. The van der Waals surface area contributed by atoms with Crippen molar-refractivity contribution in [3.05, 3.63) is 64.6 Å². The molecule has 1 heterocycles. The first kappa shape index (κ1) is 20.7. The maximum absolute atomic E-state index is 12.6. The third kappa shape index (κ3) is 4.86. The average molecular weight is 410 g/mol. The predicted octanol–water partition coefficient (Wildman–Crippen LogP) is 4.50. The summed E-state index contributed by atoms with van der Waals surface area (Å²) in [7, 11) is 1.69. The largest absolute Gasteiger partial charge is 0.493 e. The summed E-state index contributed by atoms with van der Waals surface area (Å²) >= 11 is 1.30. The van der Waals surface area contributed by atoms with E-state index in [2.05, 4.69) is 4.99 Å².